The Balaban J connectivity index is 1.49. The highest BCUT2D eigenvalue weighted by Crippen LogP contribution is 2.23. The van der Waals surface area contributed by atoms with E-state index in [4.69, 9.17) is 9.47 Å². The summed E-state index contributed by atoms with van der Waals surface area (Å²) in [6.07, 6.45) is 0.930. The van der Waals surface area contributed by atoms with Crippen molar-refractivity contribution in [1.82, 2.24) is 5.32 Å². The number of carbonyl (C=O) groups is 1. The number of para-hydroxylation sites is 1. The summed E-state index contributed by atoms with van der Waals surface area (Å²) in [7, 11) is 1.59. The zero-order valence-corrected chi connectivity index (χ0v) is 15.7. The molecule has 0 saturated carbocycles. The highest BCUT2D eigenvalue weighted by molar-refractivity contribution is 5.81. The van der Waals surface area contributed by atoms with Crippen LogP contribution in [-0.4, -0.2) is 38.3 Å². The molecule has 0 spiro atoms. The maximum absolute atomic E-state index is 13.9. The van der Waals surface area contributed by atoms with Crippen LogP contribution in [0.3, 0.4) is 0 Å². The van der Waals surface area contributed by atoms with Crippen LogP contribution >= 0.6 is 0 Å². The summed E-state index contributed by atoms with van der Waals surface area (Å²) in [6, 6.07) is 14.0. The minimum absolute atomic E-state index is 0.0666. The van der Waals surface area contributed by atoms with Crippen LogP contribution < -0.4 is 19.7 Å². The third-order valence-corrected chi connectivity index (χ3v) is 4.76. The largest absolute Gasteiger partial charge is 0.497 e. The summed E-state index contributed by atoms with van der Waals surface area (Å²) >= 11 is 0. The van der Waals surface area contributed by atoms with E-state index in [-0.39, 0.29) is 17.8 Å². The van der Waals surface area contributed by atoms with Crippen LogP contribution in [-0.2, 0) is 4.79 Å². The minimum Gasteiger partial charge on any atom is -0.497 e. The van der Waals surface area contributed by atoms with Crippen LogP contribution in [0.2, 0.25) is 0 Å². The van der Waals surface area contributed by atoms with E-state index in [1.54, 1.807) is 38.3 Å². The second-order valence-corrected chi connectivity index (χ2v) is 6.66. The van der Waals surface area contributed by atoms with E-state index in [9.17, 15) is 9.18 Å². The number of nitrogens with zero attached hydrogens (tertiary/aromatic N) is 1. The van der Waals surface area contributed by atoms with Crippen LogP contribution in [0.25, 0.3) is 0 Å². The van der Waals surface area contributed by atoms with Gasteiger partial charge in [0.15, 0.2) is 6.10 Å². The summed E-state index contributed by atoms with van der Waals surface area (Å²) in [5.41, 5.74) is 0.622. The van der Waals surface area contributed by atoms with E-state index in [1.165, 1.54) is 6.07 Å². The Labute approximate surface area is 159 Å². The Morgan fingerprint density at radius 1 is 1.15 bits per heavy atom. The molecule has 27 heavy (non-hydrogen) atoms. The van der Waals surface area contributed by atoms with Gasteiger partial charge in [0, 0.05) is 25.2 Å². The van der Waals surface area contributed by atoms with Crippen molar-refractivity contribution in [2.75, 3.05) is 25.1 Å². The predicted octanol–water partition coefficient (Wildman–Crippen LogP) is 3.39. The van der Waals surface area contributed by atoms with Crippen LogP contribution in [0, 0.1) is 5.82 Å². The lowest BCUT2D eigenvalue weighted by molar-refractivity contribution is -0.128. The standard InChI is InChI=1S/C21H25FN2O3/c1-15(27-18-7-5-6-17(14-18)26-2)21(25)23-16-10-12-24(13-11-16)20-9-4-3-8-19(20)22/h3-9,14-16H,10-13H2,1-2H3,(H,23,25)/t15-/m0/s1. The van der Waals surface area contributed by atoms with E-state index in [2.05, 4.69) is 5.32 Å². The van der Waals surface area contributed by atoms with Gasteiger partial charge in [-0.2, -0.15) is 0 Å². The van der Waals surface area contributed by atoms with Crippen molar-refractivity contribution >= 4 is 11.6 Å². The van der Waals surface area contributed by atoms with Gasteiger partial charge >= 0.3 is 0 Å². The Morgan fingerprint density at radius 2 is 1.85 bits per heavy atom. The number of nitrogens with one attached hydrogen (secondary N) is 1. The maximum Gasteiger partial charge on any atom is 0.260 e. The second-order valence-electron chi connectivity index (χ2n) is 6.66. The van der Waals surface area contributed by atoms with Gasteiger partial charge < -0.3 is 19.7 Å². The number of ether oxygens (including phenoxy) is 2. The van der Waals surface area contributed by atoms with Gasteiger partial charge in [0.1, 0.15) is 17.3 Å². The Kier molecular flexibility index (Phi) is 6.16. The van der Waals surface area contributed by atoms with Crippen molar-refractivity contribution in [3.8, 4) is 11.5 Å². The number of halogens is 1. The predicted molar refractivity (Wildman–Crippen MR) is 103 cm³/mol. The first-order valence-corrected chi connectivity index (χ1v) is 9.17. The molecule has 1 amide bonds. The molecule has 6 heteroatoms. The quantitative estimate of drug-likeness (QED) is 0.845. The average molecular weight is 372 g/mol. The minimum atomic E-state index is -0.610. The lowest BCUT2D eigenvalue weighted by atomic mass is 10.0. The first-order valence-electron chi connectivity index (χ1n) is 9.17. The fraction of sp³-hybridized carbons (Fsp3) is 0.381. The van der Waals surface area contributed by atoms with Gasteiger partial charge in [-0.05, 0) is 44.0 Å². The molecule has 1 heterocycles. The van der Waals surface area contributed by atoms with Gasteiger partial charge in [-0.3, -0.25) is 4.79 Å². The van der Waals surface area contributed by atoms with Crippen molar-refractivity contribution in [3.05, 3.63) is 54.3 Å². The highest BCUT2D eigenvalue weighted by atomic mass is 19.1. The normalized spacial score (nSPS) is 15.9. The molecular formula is C21H25FN2O3. The van der Waals surface area contributed by atoms with E-state index >= 15 is 0 Å². The first-order chi connectivity index (χ1) is 13.1. The summed E-state index contributed by atoms with van der Waals surface area (Å²) in [5.74, 6) is 0.912. The van der Waals surface area contributed by atoms with E-state index < -0.39 is 6.10 Å². The molecule has 1 saturated heterocycles. The fourth-order valence-corrected chi connectivity index (χ4v) is 3.22. The zero-order chi connectivity index (χ0) is 19.2. The Morgan fingerprint density at radius 3 is 2.56 bits per heavy atom. The van der Waals surface area contributed by atoms with Crippen molar-refractivity contribution < 1.29 is 18.7 Å². The first kappa shape index (κ1) is 19.0. The maximum atomic E-state index is 13.9. The number of piperidine rings is 1. The van der Waals surface area contributed by atoms with Crippen LogP contribution in [0.5, 0.6) is 11.5 Å². The molecule has 1 aliphatic rings. The number of benzene rings is 2. The summed E-state index contributed by atoms with van der Waals surface area (Å²) in [4.78, 5) is 14.5. The van der Waals surface area contributed by atoms with Gasteiger partial charge in [-0.1, -0.05) is 18.2 Å². The highest BCUT2D eigenvalue weighted by Gasteiger charge is 2.24. The Bertz CT molecular complexity index is 776. The topological polar surface area (TPSA) is 50.8 Å². The molecule has 1 aliphatic heterocycles. The molecule has 0 unspecified atom stereocenters. The monoisotopic (exact) mass is 372 g/mol. The van der Waals surface area contributed by atoms with Gasteiger partial charge in [-0.25, -0.2) is 4.39 Å². The molecule has 2 aromatic carbocycles. The molecule has 5 nitrogen and oxygen atoms in total. The number of amides is 1. The molecule has 2 aromatic rings. The number of hydrogen-bond donors (Lipinski definition) is 1. The van der Waals surface area contributed by atoms with Crippen LogP contribution in [0.4, 0.5) is 10.1 Å². The van der Waals surface area contributed by atoms with Gasteiger partial charge in [0.05, 0.1) is 12.8 Å². The number of carbonyl (C=O) groups excluding carboxylic acids is 1. The number of rotatable bonds is 6. The summed E-state index contributed by atoms with van der Waals surface area (Å²) < 4.78 is 24.8. The van der Waals surface area contributed by atoms with E-state index in [0.717, 1.165) is 12.8 Å². The summed E-state index contributed by atoms with van der Waals surface area (Å²) in [5, 5.41) is 3.04. The van der Waals surface area contributed by atoms with E-state index in [0.29, 0.717) is 30.3 Å². The smallest absolute Gasteiger partial charge is 0.260 e. The van der Waals surface area contributed by atoms with Crippen molar-refractivity contribution in [1.29, 1.82) is 0 Å². The van der Waals surface area contributed by atoms with Crippen molar-refractivity contribution in [2.45, 2.75) is 31.9 Å². The molecular weight excluding hydrogens is 347 g/mol. The van der Waals surface area contributed by atoms with Crippen LogP contribution in [0.1, 0.15) is 19.8 Å². The summed E-state index contributed by atoms with van der Waals surface area (Å²) in [6.45, 7) is 3.14. The average Bonchev–Trinajstić information content (AvgIpc) is 2.69. The molecule has 3 rings (SSSR count). The Hall–Kier alpha value is -2.76. The molecule has 0 aromatic heterocycles. The van der Waals surface area contributed by atoms with Crippen molar-refractivity contribution in [3.63, 3.8) is 0 Å². The number of methoxy groups -OCH3 is 1. The van der Waals surface area contributed by atoms with Crippen LogP contribution in [0.15, 0.2) is 48.5 Å². The third kappa shape index (κ3) is 4.90. The molecule has 0 aliphatic carbocycles. The molecule has 1 atom stereocenters. The number of hydrogen-bond acceptors (Lipinski definition) is 4. The van der Waals surface area contributed by atoms with Gasteiger partial charge in [0.25, 0.3) is 5.91 Å². The zero-order valence-electron chi connectivity index (χ0n) is 15.7. The second kappa shape index (κ2) is 8.75. The van der Waals surface area contributed by atoms with E-state index in [1.807, 2.05) is 23.1 Å². The lowest BCUT2D eigenvalue weighted by Crippen LogP contribution is -2.48. The molecule has 1 fully saturated rings. The SMILES string of the molecule is COc1cccc(O[C@@H](C)C(=O)NC2CCN(c3ccccc3F)CC2)c1. The molecule has 1 N–H and O–H groups in total. The molecule has 144 valence electrons. The molecule has 0 bridgehead atoms. The lowest BCUT2D eigenvalue weighted by Gasteiger charge is -2.34. The van der Waals surface area contributed by atoms with Crippen molar-refractivity contribution in [2.24, 2.45) is 0 Å². The van der Waals surface area contributed by atoms with Gasteiger partial charge in [0.2, 0.25) is 0 Å². The number of anilines is 1. The third-order valence-electron chi connectivity index (χ3n) is 4.76. The fourth-order valence-electron chi connectivity index (χ4n) is 3.22. The van der Waals surface area contributed by atoms with Gasteiger partial charge in [-0.15, -0.1) is 0 Å². The molecule has 0 radical (unpaired) electrons.